The molecule has 148 valence electrons. The van der Waals surface area contributed by atoms with Gasteiger partial charge >= 0.3 is 175 Å². The summed E-state index contributed by atoms with van der Waals surface area (Å²) in [5.74, 6) is 2.27. The van der Waals surface area contributed by atoms with Crippen LogP contribution in [0.3, 0.4) is 0 Å². The molecule has 0 saturated carbocycles. The number of carbonyl (C=O) groups is 3. The molecule has 29 heavy (non-hydrogen) atoms. The van der Waals surface area contributed by atoms with Crippen LogP contribution in [-0.4, -0.2) is 17.9 Å². The molecule has 0 unspecified atom stereocenters. The summed E-state index contributed by atoms with van der Waals surface area (Å²) in [6, 6.07) is 0. The van der Waals surface area contributed by atoms with Crippen LogP contribution in [0, 0.1) is 37.0 Å². The first-order chi connectivity index (χ1) is 14.0. The molecule has 0 bridgehead atoms. The summed E-state index contributed by atoms with van der Waals surface area (Å²) in [6.07, 6.45) is 22.8. The Balaban J connectivity index is 2.19. The van der Waals surface area contributed by atoms with Crippen molar-refractivity contribution in [3.63, 3.8) is 0 Å². The molecule has 3 rings (SSSR count). The molecule has 0 aromatic rings. The molecule has 0 aromatic heterocycles. The van der Waals surface area contributed by atoms with E-state index in [1.54, 1.807) is 0 Å². The summed E-state index contributed by atoms with van der Waals surface area (Å²) in [6.45, 7) is 0. The first-order valence-corrected chi connectivity index (χ1v) is 12.3. The molecule has 0 fully saturated rings. The van der Waals surface area contributed by atoms with Gasteiger partial charge in [0.15, 0.2) is 0 Å². The maximum absolute atomic E-state index is 12.1. The Labute approximate surface area is 174 Å². The van der Waals surface area contributed by atoms with Crippen molar-refractivity contribution >= 4 is 17.9 Å². The molecule has 0 spiro atoms. The Hall–Kier alpha value is -2.72. The van der Waals surface area contributed by atoms with Gasteiger partial charge in [0.05, 0.1) is 0 Å². The first-order valence-electron chi connectivity index (χ1n) is 9.48. The molecule has 7 heteroatoms. The van der Waals surface area contributed by atoms with E-state index in [0.29, 0.717) is 0 Å². The fraction of sp³-hybridized carbons (Fsp3) is 0.409. The van der Waals surface area contributed by atoms with E-state index >= 15 is 0 Å². The third kappa shape index (κ3) is 4.04. The summed E-state index contributed by atoms with van der Waals surface area (Å²) in [5, 5.41) is 0. The predicted octanol–water partition coefficient (Wildman–Crippen LogP) is 2.96. The van der Waals surface area contributed by atoms with Crippen molar-refractivity contribution in [2.75, 3.05) is 0 Å². The van der Waals surface area contributed by atoms with Gasteiger partial charge in [-0.25, -0.2) is 0 Å². The van der Waals surface area contributed by atoms with Crippen molar-refractivity contribution < 1.29 is 42.1 Å². The van der Waals surface area contributed by atoms with Crippen LogP contribution in [0.1, 0.15) is 51.4 Å². The molecular weight excluding hydrogens is 408 g/mol. The zero-order chi connectivity index (χ0) is 21.0. The van der Waals surface area contributed by atoms with E-state index in [1.807, 2.05) is 17.8 Å². The molecular formula is C22H20O6Ti. The molecule has 3 aliphatic rings. The number of carbonyl (C=O) groups excluding carboxylic acids is 3. The summed E-state index contributed by atoms with van der Waals surface area (Å²) in [5.41, 5.74) is 4.41. The van der Waals surface area contributed by atoms with Gasteiger partial charge in [-0.1, -0.05) is 0 Å². The Morgan fingerprint density at radius 1 is 0.690 bits per heavy atom. The van der Waals surface area contributed by atoms with E-state index in [2.05, 4.69) is 0 Å². The van der Waals surface area contributed by atoms with E-state index < -0.39 is 39.9 Å². The summed E-state index contributed by atoms with van der Waals surface area (Å²) >= 11 is -5.11. The molecule has 0 atom stereocenters. The van der Waals surface area contributed by atoms with Crippen LogP contribution in [0.25, 0.3) is 0 Å². The maximum atomic E-state index is 12.1. The van der Waals surface area contributed by atoms with Crippen LogP contribution in [0.5, 0.6) is 0 Å². The summed E-state index contributed by atoms with van der Waals surface area (Å²) in [4.78, 5) is 36.3. The van der Waals surface area contributed by atoms with Gasteiger partial charge in [-0.2, -0.15) is 0 Å². The van der Waals surface area contributed by atoms with Gasteiger partial charge < -0.3 is 0 Å². The Bertz CT molecular complexity index is 848. The molecule has 0 aromatic carbocycles. The molecule has 0 N–H and O–H groups in total. The van der Waals surface area contributed by atoms with Gasteiger partial charge in [0.2, 0.25) is 0 Å². The number of allylic oxidation sites excluding steroid dienone is 4. The van der Waals surface area contributed by atoms with Gasteiger partial charge in [-0.15, -0.1) is 0 Å². The topological polar surface area (TPSA) is 78.9 Å². The standard InChI is InChI=1S/C13H17.3C3H2O2.Ti/c1-3-7-12-10(5-1)9-11-6-2-4-8-13(11)12;3*1-2-3(4)5;/h9H,1-8H2;3*1H,(H,4,5);/q;;;;+3/p-3. The molecule has 0 amide bonds. The number of terminal acetylenes is 3. The summed E-state index contributed by atoms with van der Waals surface area (Å²) < 4.78 is 15.8. The number of fused-ring (bicyclic) bond motifs is 1. The molecule has 6 nitrogen and oxygen atoms in total. The Kier molecular flexibility index (Phi) is 6.34. The Morgan fingerprint density at radius 3 is 1.38 bits per heavy atom. The fourth-order valence-electron chi connectivity index (χ4n) is 4.54. The van der Waals surface area contributed by atoms with Crippen molar-refractivity contribution in [1.29, 1.82) is 0 Å². The predicted molar refractivity (Wildman–Crippen MR) is 99.5 cm³/mol. The Morgan fingerprint density at radius 2 is 1.03 bits per heavy atom. The van der Waals surface area contributed by atoms with Gasteiger partial charge in [0.1, 0.15) is 0 Å². The van der Waals surface area contributed by atoms with Crippen molar-refractivity contribution in [1.82, 2.24) is 0 Å². The second kappa shape index (κ2) is 8.75. The van der Waals surface area contributed by atoms with Crippen LogP contribution >= 0.6 is 0 Å². The van der Waals surface area contributed by atoms with Crippen molar-refractivity contribution in [3.8, 4) is 37.0 Å². The van der Waals surface area contributed by atoms with E-state index in [4.69, 9.17) is 29.2 Å². The number of rotatable bonds is 4. The van der Waals surface area contributed by atoms with Crippen molar-refractivity contribution in [2.45, 2.75) is 55.6 Å². The van der Waals surface area contributed by atoms with Crippen molar-refractivity contribution in [3.05, 3.63) is 22.3 Å². The quantitative estimate of drug-likeness (QED) is 0.506. The zero-order valence-electron chi connectivity index (χ0n) is 15.9. The van der Waals surface area contributed by atoms with Crippen LogP contribution in [0.4, 0.5) is 0 Å². The SMILES string of the molecule is C#CC(=O)[O][Ti]([O]C(=O)C#C)([O]C(=O)C#C)[CH]1C2=C(CCCC2)C2=C1CCCC2. The molecule has 0 saturated heterocycles. The van der Waals surface area contributed by atoms with Gasteiger partial charge in [0.25, 0.3) is 0 Å². The third-order valence-corrected chi connectivity index (χ3v) is 9.89. The van der Waals surface area contributed by atoms with E-state index in [1.165, 1.54) is 11.1 Å². The van der Waals surface area contributed by atoms with E-state index in [0.717, 1.165) is 62.5 Å². The average molecular weight is 428 g/mol. The van der Waals surface area contributed by atoms with Crippen LogP contribution in [-0.2, 0) is 42.1 Å². The second-order valence-corrected chi connectivity index (χ2v) is 10.8. The molecule has 0 aliphatic heterocycles. The average Bonchev–Trinajstić information content (AvgIpc) is 3.08. The molecule has 3 aliphatic carbocycles. The monoisotopic (exact) mass is 428 g/mol. The molecule has 0 radical (unpaired) electrons. The first kappa shape index (κ1) is 21.0. The van der Waals surface area contributed by atoms with Gasteiger partial charge in [-0.3, -0.25) is 0 Å². The number of hydrogen-bond donors (Lipinski definition) is 0. The van der Waals surface area contributed by atoms with Crippen LogP contribution < -0.4 is 0 Å². The number of hydrogen-bond acceptors (Lipinski definition) is 6. The fourth-order valence-corrected chi connectivity index (χ4v) is 9.10. The summed E-state index contributed by atoms with van der Waals surface area (Å²) in [7, 11) is 0. The van der Waals surface area contributed by atoms with Crippen molar-refractivity contribution in [2.24, 2.45) is 0 Å². The minimum absolute atomic E-state index is 0.618. The minimum atomic E-state index is -5.11. The molecule has 0 heterocycles. The van der Waals surface area contributed by atoms with Crippen LogP contribution in [0.15, 0.2) is 22.3 Å². The normalized spacial score (nSPS) is 18.5. The van der Waals surface area contributed by atoms with E-state index in [-0.39, 0.29) is 0 Å². The second-order valence-electron chi connectivity index (χ2n) is 7.06. The van der Waals surface area contributed by atoms with E-state index in [9.17, 15) is 14.4 Å². The van der Waals surface area contributed by atoms with Gasteiger partial charge in [0, 0.05) is 0 Å². The van der Waals surface area contributed by atoms with Crippen LogP contribution in [0.2, 0.25) is 4.22 Å². The third-order valence-electron chi connectivity index (χ3n) is 5.49. The zero-order valence-corrected chi connectivity index (χ0v) is 17.5. The van der Waals surface area contributed by atoms with Gasteiger partial charge in [-0.05, 0) is 0 Å².